The lowest BCUT2D eigenvalue weighted by Crippen LogP contribution is -2.34. The molecule has 0 unspecified atom stereocenters. The lowest BCUT2D eigenvalue weighted by atomic mass is 10.1. The highest BCUT2D eigenvalue weighted by Gasteiger charge is 2.30. The van der Waals surface area contributed by atoms with E-state index in [0.29, 0.717) is 5.69 Å². The zero-order chi connectivity index (χ0) is 19.0. The molecule has 0 aliphatic carbocycles. The summed E-state index contributed by atoms with van der Waals surface area (Å²) in [6, 6.07) is 13.6. The van der Waals surface area contributed by atoms with Gasteiger partial charge in [-0.25, -0.2) is 4.98 Å². The van der Waals surface area contributed by atoms with Crippen LogP contribution in [0.1, 0.15) is 5.56 Å². The van der Waals surface area contributed by atoms with Gasteiger partial charge in [0, 0.05) is 17.3 Å². The second kappa shape index (κ2) is 6.69. The molecule has 0 radical (unpaired) electrons. The monoisotopic (exact) mass is 362 g/mol. The van der Waals surface area contributed by atoms with E-state index in [0.717, 1.165) is 27.3 Å². The van der Waals surface area contributed by atoms with Crippen LogP contribution in [-0.2, 0) is 9.59 Å². The molecule has 4 rings (SSSR count). The summed E-state index contributed by atoms with van der Waals surface area (Å²) in [7, 11) is 0. The maximum absolute atomic E-state index is 12.2. The van der Waals surface area contributed by atoms with E-state index in [1.54, 1.807) is 6.07 Å². The number of benzene rings is 2. The largest absolute Gasteiger partial charge is 0.395 e. The van der Waals surface area contributed by atoms with E-state index in [4.69, 9.17) is 5.11 Å². The Morgan fingerprint density at radius 1 is 1.15 bits per heavy atom. The summed E-state index contributed by atoms with van der Waals surface area (Å²) in [5.74, 6) is -0.109. The number of aliphatic hydroxyl groups is 1. The molecule has 0 fully saturated rings. The molecule has 136 valence electrons. The number of nitrogens with zero attached hydrogens (tertiary/aromatic N) is 2. The van der Waals surface area contributed by atoms with E-state index >= 15 is 0 Å². The first kappa shape index (κ1) is 17.0. The van der Waals surface area contributed by atoms with Gasteiger partial charge >= 0.3 is 0 Å². The second-order valence-corrected chi connectivity index (χ2v) is 6.39. The Balaban J connectivity index is 1.59. The molecule has 1 aliphatic heterocycles. The van der Waals surface area contributed by atoms with Gasteiger partial charge in [-0.15, -0.1) is 0 Å². The van der Waals surface area contributed by atoms with Crippen LogP contribution in [0, 0.1) is 6.92 Å². The van der Waals surface area contributed by atoms with E-state index in [-0.39, 0.29) is 18.8 Å². The van der Waals surface area contributed by atoms with Crippen molar-refractivity contribution in [3.63, 3.8) is 0 Å². The van der Waals surface area contributed by atoms with Crippen LogP contribution in [0.2, 0.25) is 0 Å². The molecule has 7 heteroatoms. The number of nitrogens with one attached hydrogen (secondary N) is 2. The van der Waals surface area contributed by atoms with Crippen molar-refractivity contribution >= 4 is 28.5 Å². The van der Waals surface area contributed by atoms with Gasteiger partial charge in [-0.1, -0.05) is 29.8 Å². The quantitative estimate of drug-likeness (QED) is 0.605. The van der Waals surface area contributed by atoms with Gasteiger partial charge in [0.25, 0.3) is 11.8 Å². The van der Waals surface area contributed by atoms with Crippen molar-refractivity contribution in [2.24, 2.45) is 0 Å². The molecule has 2 amide bonds. The fourth-order valence-electron chi connectivity index (χ4n) is 3.00. The number of aromatic amines is 1. The lowest BCUT2D eigenvalue weighted by molar-refractivity contribution is -0.137. The van der Waals surface area contributed by atoms with Gasteiger partial charge in [-0.2, -0.15) is 0 Å². The molecule has 2 aromatic carbocycles. The van der Waals surface area contributed by atoms with E-state index in [9.17, 15) is 9.59 Å². The first-order valence-corrected chi connectivity index (χ1v) is 8.57. The highest BCUT2D eigenvalue weighted by Crippen LogP contribution is 2.24. The Hall–Kier alpha value is -3.45. The number of H-pyrrole nitrogens is 1. The van der Waals surface area contributed by atoms with Crippen LogP contribution in [0.25, 0.3) is 22.4 Å². The average molecular weight is 362 g/mol. The molecule has 1 aliphatic rings. The molecular weight excluding hydrogens is 344 g/mol. The minimum Gasteiger partial charge on any atom is -0.395 e. The maximum Gasteiger partial charge on any atom is 0.277 e. The standard InChI is InChI=1S/C20H18N4O3/c1-12-2-4-13(5-3-12)19-22-15-7-6-14(10-16(15)23-19)21-17-11-18(26)24(8-9-25)20(17)27/h2-7,10-11,21,25H,8-9H2,1H3,(H,22,23). The van der Waals surface area contributed by atoms with Gasteiger partial charge in [0.05, 0.1) is 24.2 Å². The van der Waals surface area contributed by atoms with Crippen LogP contribution in [-0.4, -0.2) is 44.9 Å². The van der Waals surface area contributed by atoms with Crippen molar-refractivity contribution in [3.05, 3.63) is 59.8 Å². The van der Waals surface area contributed by atoms with Crippen LogP contribution < -0.4 is 5.32 Å². The Morgan fingerprint density at radius 2 is 1.93 bits per heavy atom. The Labute approximate surface area is 155 Å². The number of carbonyl (C=O) groups excluding carboxylic acids is 2. The number of aromatic nitrogens is 2. The lowest BCUT2D eigenvalue weighted by Gasteiger charge is -2.13. The zero-order valence-corrected chi connectivity index (χ0v) is 14.7. The Bertz CT molecular complexity index is 1070. The predicted octanol–water partition coefficient (Wildman–Crippen LogP) is 2.20. The van der Waals surface area contributed by atoms with Crippen LogP contribution in [0.15, 0.2) is 54.2 Å². The van der Waals surface area contributed by atoms with Crippen LogP contribution in [0.4, 0.5) is 5.69 Å². The van der Waals surface area contributed by atoms with Gasteiger partial charge < -0.3 is 15.4 Å². The fourth-order valence-corrected chi connectivity index (χ4v) is 3.00. The number of aliphatic hydroxyl groups excluding tert-OH is 1. The van der Waals surface area contributed by atoms with Crippen molar-refractivity contribution in [3.8, 4) is 11.4 Å². The SMILES string of the molecule is Cc1ccc(-c2nc3ccc(NC4=CC(=O)N(CCO)C4=O)cc3[nH]2)cc1. The number of rotatable bonds is 5. The number of aryl methyl sites for hydroxylation is 1. The van der Waals surface area contributed by atoms with E-state index in [1.165, 1.54) is 11.6 Å². The summed E-state index contributed by atoms with van der Waals surface area (Å²) in [5, 5.41) is 11.9. The number of amides is 2. The summed E-state index contributed by atoms with van der Waals surface area (Å²) in [5.41, 5.74) is 4.65. The predicted molar refractivity (Wildman–Crippen MR) is 102 cm³/mol. The molecule has 1 aromatic heterocycles. The van der Waals surface area contributed by atoms with Crippen LogP contribution in [0.5, 0.6) is 0 Å². The zero-order valence-electron chi connectivity index (χ0n) is 14.7. The molecule has 0 bridgehead atoms. The summed E-state index contributed by atoms with van der Waals surface area (Å²) in [6.07, 6.45) is 1.24. The van der Waals surface area contributed by atoms with E-state index < -0.39 is 11.8 Å². The smallest absolute Gasteiger partial charge is 0.277 e. The highest BCUT2D eigenvalue weighted by molar-refractivity contribution is 6.17. The van der Waals surface area contributed by atoms with Crippen molar-refractivity contribution in [2.75, 3.05) is 18.5 Å². The number of hydrogen-bond donors (Lipinski definition) is 3. The summed E-state index contributed by atoms with van der Waals surface area (Å²) in [6.45, 7) is 1.76. The molecule has 3 aromatic rings. The maximum atomic E-state index is 12.2. The number of fused-ring (bicyclic) bond motifs is 1. The molecule has 0 saturated carbocycles. The van der Waals surface area contributed by atoms with Crippen molar-refractivity contribution in [1.82, 2.24) is 14.9 Å². The number of anilines is 1. The summed E-state index contributed by atoms with van der Waals surface area (Å²) in [4.78, 5) is 32.9. The molecule has 0 saturated heterocycles. The normalized spacial score (nSPS) is 14.1. The van der Waals surface area contributed by atoms with Crippen molar-refractivity contribution in [2.45, 2.75) is 6.92 Å². The third-order valence-corrected chi connectivity index (χ3v) is 4.42. The van der Waals surface area contributed by atoms with Gasteiger partial charge in [0.2, 0.25) is 0 Å². The number of hydrogen-bond acceptors (Lipinski definition) is 5. The molecule has 7 nitrogen and oxygen atoms in total. The van der Waals surface area contributed by atoms with Gasteiger partial charge in [0.15, 0.2) is 0 Å². The Morgan fingerprint density at radius 3 is 2.67 bits per heavy atom. The van der Waals surface area contributed by atoms with Gasteiger partial charge in [-0.05, 0) is 25.1 Å². The third kappa shape index (κ3) is 3.20. The molecular formula is C20H18N4O3. The highest BCUT2D eigenvalue weighted by atomic mass is 16.3. The third-order valence-electron chi connectivity index (χ3n) is 4.42. The van der Waals surface area contributed by atoms with Crippen LogP contribution in [0.3, 0.4) is 0 Å². The first-order valence-electron chi connectivity index (χ1n) is 8.57. The molecule has 27 heavy (non-hydrogen) atoms. The number of carbonyl (C=O) groups is 2. The summed E-state index contributed by atoms with van der Waals surface area (Å²) < 4.78 is 0. The first-order chi connectivity index (χ1) is 13.0. The minimum absolute atomic E-state index is 0.0150. The fraction of sp³-hybridized carbons (Fsp3) is 0.150. The molecule has 0 spiro atoms. The molecule has 0 atom stereocenters. The minimum atomic E-state index is -0.445. The van der Waals surface area contributed by atoms with Gasteiger partial charge in [0.1, 0.15) is 11.5 Å². The number of imidazole rings is 1. The van der Waals surface area contributed by atoms with E-state index in [2.05, 4.69) is 15.3 Å². The number of imide groups is 1. The Kier molecular flexibility index (Phi) is 4.21. The van der Waals surface area contributed by atoms with Crippen molar-refractivity contribution in [1.29, 1.82) is 0 Å². The topological polar surface area (TPSA) is 98.3 Å². The van der Waals surface area contributed by atoms with E-state index in [1.807, 2.05) is 43.3 Å². The van der Waals surface area contributed by atoms with Gasteiger partial charge in [-0.3, -0.25) is 14.5 Å². The van der Waals surface area contributed by atoms with Crippen molar-refractivity contribution < 1.29 is 14.7 Å². The second-order valence-electron chi connectivity index (χ2n) is 6.39. The van der Waals surface area contributed by atoms with Crippen LogP contribution >= 0.6 is 0 Å². The number of β-amino-alcohol motifs (C(OH)–C–C–N with tert-alkyl or cyclic N) is 1. The summed E-state index contributed by atoms with van der Waals surface area (Å²) >= 11 is 0. The average Bonchev–Trinajstić information content (AvgIpc) is 3.19. The molecule has 2 heterocycles. The molecule has 3 N–H and O–H groups in total.